The predicted octanol–water partition coefficient (Wildman–Crippen LogP) is 13.2. The number of phosphoric acid groups is 1. The lowest BCUT2D eigenvalue weighted by Gasteiger charge is -2.24. The molecule has 0 spiro atoms. The van der Waals surface area contributed by atoms with Gasteiger partial charge in [-0.3, -0.25) is 18.6 Å². The average Bonchev–Trinajstić information content (AvgIpc) is 3.17. The normalized spacial score (nSPS) is 14.1. The molecule has 0 aliphatic carbocycles. The molecule has 10 heteroatoms. The van der Waals surface area contributed by atoms with E-state index in [0.29, 0.717) is 23.9 Å². The maximum Gasteiger partial charge on any atom is 0.472 e. The summed E-state index contributed by atoms with van der Waals surface area (Å²) in [6, 6.07) is 0. The largest absolute Gasteiger partial charge is 0.472 e. The van der Waals surface area contributed by atoms with E-state index in [2.05, 4.69) is 74.6 Å². The van der Waals surface area contributed by atoms with Crippen molar-refractivity contribution in [1.29, 1.82) is 0 Å². The van der Waals surface area contributed by atoms with E-state index in [1.165, 1.54) is 83.5 Å². The van der Waals surface area contributed by atoms with E-state index in [4.69, 9.17) is 18.5 Å². The lowest BCUT2D eigenvalue weighted by atomic mass is 10.1. The second-order valence-electron chi connectivity index (χ2n) is 16.4. The summed E-state index contributed by atoms with van der Waals surface area (Å²) in [6.45, 7) is 4.32. The van der Waals surface area contributed by atoms with E-state index < -0.39 is 32.5 Å². The van der Waals surface area contributed by atoms with Crippen molar-refractivity contribution in [1.82, 2.24) is 0 Å². The first kappa shape index (κ1) is 55.7. The summed E-state index contributed by atoms with van der Waals surface area (Å²) in [6.07, 6.45) is 48.3. The van der Waals surface area contributed by atoms with Gasteiger partial charge < -0.3 is 18.9 Å². The zero-order valence-electron chi connectivity index (χ0n) is 37.8. The maximum atomic E-state index is 12.7. The summed E-state index contributed by atoms with van der Waals surface area (Å²) in [4.78, 5) is 35.4. The minimum absolute atomic E-state index is 0.0237. The van der Waals surface area contributed by atoms with E-state index >= 15 is 0 Å². The number of allylic oxidation sites excluding steroid dienone is 10. The van der Waals surface area contributed by atoms with Crippen LogP contribution in [0.5, 0.6) is 0 Å². The van der Waals surface area contributed by atoms with Crippen molar-refractivity contribution in [3.8, 4) is 0 Å². The number of hydrogen-bond donors (Lipinski definition) is 1. The number of nitrogens with zero attached hydrogens (tertiary/aromatic N) is 1. The predicted molar refractivity (Wildman–Crippen MR) is 243 cm³/mol. The van der Waals surface area contributed by atoms with Gasteiger partial charge in [0.05, 0.1) is 27.7 Å². The maximum absolute atomic E-state index is 12.7. The monoisotopic (exact) mass is 837 g/mol. The van der Waals surface area contributed by atoms with Crippen molar-refractivity contribution in [2.75, 3.05) is 47.5 Å². The van der Waals surface area contributed by atoms with Crippen LogP contribution in [-0.2, 0) is 32.7 Å². The quantitative estimate of drug-likeness (QED) is 0.0213. The lowest BCUT2D eigenvalue weighted by Crippen LogP contribution is -2.37. The third kappa shape index (κ3) is 43.3. The first-order chi connectivity index (χ1) is 28.0. The highest BCUT2D eigenvalue weighted by Gasteiger charge is 2.27. The van der Waals surface area contributed by atoms with Crippen LogP contribution in [-0.4, -0.2) is 74.9 Å². The number of quaternary nitrogens is 1. The van der Waals surface area contributed by atoms with Gasteiger partial charge in [0.15, 0.2) is 6.10 Å². The number of phosphoric ester groups is 1. The zero-order valence-corrected chi connectivity index (χ0v) is 38.7. The van der Waals surface area contributed by atoms with E-state index in [0.717, 1.165) is 57.8 Å². The summed E-state index contributed by atoms with van der Waals surface area (Å²) in [7, 11) is 1.45. The molecule has 0 bridgehead atoms. The second-order valence-corrected chi connectivity index (χ2v) is 17.9. The van der Waals surface area contributed by atoms with Gasteiger partial charge in [0.1, 0.15) is 19.8 Å². The van der Waals surface area contributed by atoms with E-state index in [-0.39, 0.29) is 26.1 Å². The average molecular weight is 837 g/mol. The molecule has 58 heavy (non-hydrogen) atoms. The Morgan fingerprint density at radius 2 is 0.948 bits per heavy atom. The molecule has 0 saturated carbocycles. The SMILES string of the molecule is CCCC/C=C/CCCCCCCCCCCC(=O)O[C@H](COC(=O)CCCCC/C=C/C/C=C/C/C=C/C/C=C/CCCCC)COP(=O)(O)OCC[N+](C)(C)C. The highest BCUT2D eigenvalue weighted by Crippen LogP contribution is 2.43. The third-order valence-electron chi connectivity index (χ3n) is 9.52. The topological polar surface area (TPSA) is 108 Å². The number of carbonyl (C=O) groups is 2. The molecule has 0 radical (unpaired) electrons. The van der Waals surface area contributed by atoms with Crippen molar-refractivity contribution in [3.63, 3.8) is 0 Å². The zero-order chi connectivity index (χ0) is 42.8. The number of hydrogen-bond acceptors (Lipinski definition) is 7. The third-order valence-corrected chi connectivity index (χ3v) is 10.5. The molecule has 0 aliphatic heterocycles. The molecular formula is C48H87NO8P+. The molecule has 0 aromatic carbocycles. The summed E-state index contributed by atoms with van der Waals surface area (Å²) in [5.41, 5.74) is 0. The molecule has 0 fully saturated rings. The fourth-order valence-electron chi connectivity index (χ4n) is 5.86. The van der Waals surface area contributed by atoms with Crippen molar-refractivity contribution >= 4 is 19.8 Å². The summed E-state index contributed by atoms with van der Waals surface area (Å²) in [5, 5.41) is 0. The van der Waals surface area contributed by atoms with Gasteiger partial charge in [-0.25, -0.2) is 4.57 Å². The Balaban J connectivity index is 4.40. The number of rotatable bonds is 41. The van der Waals surface area contributed by atoms with E-state index in [1.54, 1.807) is 0 Å². The van der Waals surface area contributed by atoms with Crippen LogP contribution in [0.15, 0.2) is 60.8 Å². The highest BCUT2D eigenvalue weighted by atomic mass is 31.2. The van der Waals surface area contributed by atoms with Crippen molar-refractivity contribution < 1.29 is 42.1 Å². The lowest BCUT2D eigenvalue weighted by molar-refractivity contribution is -0.870. The van der Waals surface area contributed by atoms with Crippen LogP contribution in [0.2, 0.25) is 0 Å². The van der Waals surface area contributed by atoms with Crippen LogP contribution >= 0.6 is 7.82 Å². The summed E-state index contributed by atoms with van der Waals surface area (Å²) >= 11 is 0. The molecule has 0 aliphatic rings. The molecule has 9 nitrogen and oxygen atoms in total. The Labute approximate surface area is 356 Å². The molecule has 0 saturated heterocycles. The van der Waals surface area contributed by atoms with Gasteiger partial charge in [-0.15, -0.1) is 0 Å². The van der Waals surface area contributed by atoms with Gasteiger partial charge >= 0.3 is 19.8 Å². The minimum Gasteiger partial charge on any atom is -0.462 e. The Hall–Kier alpha value is -2.29. The second kappa shape index (κ2) is 40.1. The van der Waals surface area contributed by atoms with Gasteiger partial charge in [-0.1, -0.05) is 152 Å². The molecule has 1 N–H and O–H groups in total. The van der Waals surface area contributed by atoms with Crippen LogP contribution < -0.4 is 0 Å². The van der Waals surface area contributed by atoms with E-state index in [1.807, 2.05) is 21.1 Å². The fourth-order valence-corrected chi connectivity index (χ4v) is 6.60. The molecule has 0 aromatic heterocycles. The molecule has 336 valence electrons. The molecular weight excluding hydrogens is 750 g/mol. The Kier molecular flexibility index (Phi) is 38.5. The Bertz CT molecular complexity index is 1170. The standard InChI is InChI=1S/C48H86NO8P/c1-6-8-10-12-14-16-18-20-22-23-24-25-27-28-30-32-34-36-38-40-47(50)54-44-46(45-56-58(52,53)55-43-42-49(3,4)5)57-48(51)41-39-37-35-33-31-29-26-21-19-17-15-13-11-9-7-2/h13-16,20,22,24-25,28,30,46H,6-12,17-19,21,23,26-27,29,31-45H2,1-5H3/p+1/b15-13+,16-14+,22-20+,25-24+,30-28+/t46-/m1/s1. The molecule has 0 rings (SSSR count). The molecule has 0 aromatic rings. The number of ether oxygens (including phenoxy) is 2. The first-order valence-corrected chi connectivity index (χ1v) is 24.5. The highest BCUT2D eigenvalue weighted by molar-refractivity contribution is 7.47. The molecule has 0 amide bonds. The minimum atomic E-state index is -4.39. The van der Waals surface area contributed by atoms with Crippen molar-refractivity contribution in [3.05, 3.63) is 60.8 Å². The van der Waals surface area contributed by atoms with Gasteiger partial charge in [-0.2, -0.15) is 0 Å². The van der Waals surface area contributed by atoms with Gasteiger partial charge in [0, 0.05) is 12.8 Å². The number of carbonyl (C=O) groups excluding carboxylic acids is 2. The number of esters is 2. The molecule has 2 atom stereocenters. The van der Waals surface area contributed by atoms with Crippen molar-refractivity contribution in [2.45, 2.75) is 187 Å². The molecule has 1 unspecified atom stereocenters. The number of unbranched alkanes of at least 4 members (excludes halogenated alkanes) is 17. The Morgan fingerprint density at radius 1 is 0.534 bits per heavy atom. The van der Waals surface area contributed by atoms with Crippen molar-refractivity contribution in [2.24, 2.45) is 0 Å². The van der Waals surface area contributed by atoms with Gasteiger partial charge in [-0.05, 0) is 77.0 Å². The van der Waals surface area contributed by atoms with Crippen LogP contribution in [0.3, 0.4) is 0 Å². The smallest absolute Gasteiger partial charge is 0.462 e. The van der Waals surface area contributed by atoms with Gasteiger partial charge in [0.2, 0.25) is 0 Å². The summed E-state index contributed by atoms with van der Waals surface area (Å²) in [5.74, 6) is -0.839. The van der Waals surface area contributed by atoms with Gasteiger partial charge in [0.25, 0.3) is 0 Å². The fraction of sp³-hybridized carbons (Fsp3) is 0.750. The van der Waals surface area contributed by atoms with E-state index in [9.17, 15) is 19.0 Å². The molecule has 0 heterocycles. The van der Waals surface area contributed by atoms with Crippen LogP contribution in [0.1, 0.15) is 181 Å². The van der Waals surface area contributed by atoms with Crippen LogP contribution in [0.4, 0.5) is 0 Å². The van der Waals surface area contributed by atoms with Crippen LogP contribution in [0, 0.1) is 0 Å². The first-order valence-electron chi connectivity index (χ1n) is 23.0. The van der Waals surface area contributed by atoms with Crippen LogP contribution in [0.25, 0.3) is 0 Å². The summed E-state index contributed by atoms with van der Waals surface area (Å²) < 4.78 is 34.3. The number of likely N-dealkylation sites (N-methyl/N-ethyl adjacent to an activating group) is 1. The Morgan fingerprint density at radius 3 is 1.47 bits per heavy atom.